The highest BCUT2D eigenvalue weighted by Crippen LogP contribution is 2.47. The van der Waals surface area contributed by atoms with Crippen molar-refractivity contribution < 1.29 is 13.6 Å². The molecule has 2 aromatic rings. The Bertz CT molecular complexity index is 740. The van der Waals surface area contributed by atoms with E-state index in [0.717, 1.165) is 12.1 Å². The van der Waals surface area contributed by atoms with Crippen molar-refractivity contribution in [2.75, 3.05) is 0 Å². The summed E-state index contributed by atoms with van der Waals surface area (Å²) in [5.74, 6) is -2.04. The summed E-state index contributed by atoms with van der Waals surface area (Å²) in [6.45, 7) is 0.110. The Morgan fingerprint density at radius 1 is 1.38 bits per heavy atom. The molecule has 110 valence electrons. The number of carbonyl (C=O) groups excluding carboxylic acids is 1. The molecule has 1 fully saturated rings. The number of nitrogens with one attached hydrogen (secondary N) is 3. The first-order valence-corrected chi connectivity index (χ1v) is 6.41. The summed E-state index contributed by atoms with van der Waals surface area (Å²) in [6, 6.07) is 3.67. The summed E-state index contributed by atoms with van der Waals surface area (Å²) in [4.78, 5) is 25.2. The number of carbonyl (C=O) groups is 1. The first-order valence-electron chi connectivity index (χ1n) is 6.41. The molecule has 21 heavy (non-hydrogen) atoms. The lowest BCUT2D eigenvalue weighted by Gasteiger charge is -2.03. The summed E-state index contributed by atoms with van der Waals surface area (Å²) in [5, 5.41) is 8.50. The van der Waals surface area contributed by atoms with E-state index < -0.39 is 17.3 Å². The minimum Gasteiger partial charge on any atom is -0.349 e. The Morgan fingerprint density at radius 3 is 2.86 bits per heavy atom. The summed E-state index contributed by atoms with van der Waals surface area (Å²) in [6.07, 6.45) is 0.591. The van der Waals surface area contributed by atoms with Gasteiger partial charge >= 0.3 is 5.69 Å². The number of H-pyrrole nitrogens is 2. The van der Waals surface area contributed by atoms with Gasteiger partial charge in [0, 0.05) is 5.92 Å². The van der Waals surface area contributed by atoms with Gasteiger partial charge in [0.15, 0.2) is 11.6 Å². The number of hydrogen-bond acceptors (Lipinski definition) is 3. The number of rotatable bonds is 4. The van der Waals surface area contributed by atoms with Crippen molar-refractivity contribution in [1.82, 2.24) is 20.5 Å². The smallest absolute Gasteiger partial charge is 0.340 e. The first-order chi connectivity index (χ1) is 10.0. The van der Waals surface area contributed by atoms with Crippen LogP contribution in [0.1, 0.15) is 23.7 Å². The van der Waals surface area contributed by atoms with E-state index in [9.17, 15) is 18.4 Å². The fourth-order valence-electron chi connectivity index (χ4n) is 2.29. The van der Waals surface area contributed by atoms with Crippen LogP contribution in [0.2, 0.25) is 0 Å². The number of benzene rings is 1. The minimum atomic E-state index is -0.910. The maximum atomic E-state index is 13.1. The molecule has 2 unspecified atom stereocenters. The SMILES string of the molecule is O=C(NCc1n[nH]c(=O)[nH]1)C1CC1c1ccc(F)c(F)c1. The number of aromatic nitrogens is 3. The zero-order valence-electron chi connectivity index (χ0n) is 10.8. The fraction of sp³-hybridized carbons (Fsp3) is 0.308. The second-order valence-electron chi connectivity index (χ2n) is 4.96. The Morgan fingerprint density at radius 2 is 2.19 bits per heavy atom. The molecule has 0 bridgehead atoms. The molecule has 8 heteroatoms. The number of amides is 1. The van der Waals surface area contributed by atoms with Gasteiger partial charge in [0.2, 0.25) is 5.91 Å². The van der Waals surface area contributed by atoms with Gasteiger partial charge in [-0.15, -0.1) is 0 Å². The topological polar surface area (TPSA) is 90.6 Å². The third kappa shape index (κ3) is 2.83. The minimum absolute atomic E-state index is 0.0988. The monoisotopic (exact) mass is 294 g/mol. The fourth-order valence-corrected chi connectivity index (χ4v) is 2.29. The Balaban J connectivity index is 1.58. The van der Waals surface area contributed by atoms with Crippen molar-refractivity contribution in [2.45, 2.75) is 18.9 Å². The van der Waals surface area contributed by atoms with Crippen LogP contribution >= 0.6 is 0 Å². The van der Waals surface area contributed by atoms with Crippen LogP contribution in [0.25, 0.3) is 0 Å². The molecular weight excluding hydrogens is 282 g/mol. The van der Waals surface area contributed by atoms with E-state index in [1.54, 1.807) is 0 Å². The second-order valence-corrected chi connectivity index (χ2v) is 4.96. The van der Waals surface area contributed by atoms with Crippen LogP contribution < -0.4 is 11.0 Å². The number of halogens is 2. The lowest BCUT2D eigenvalue weighted by Crippen LogP contribution is -2.25. The van der Waals surface area contributed by atoms with E-state index in [1.165, 1.54) is 6.07 Å². The summed E-state index contributed by atoms with van der Waals surface area (Å²) in [7, 11) is 0. The van der Waals surface area contributed by atoms with Gasteiger partial charge in [-0.25, -0.2) is 18.7 Å². The van der Waals surface area contributed by atoms with Crippen LogP contribution in [0.5, 0.6) is 0 Å². The molecular formula is C13H12F2N4O2. The van der Waals surface area contributed by atoms with Crippen molar-refractivity contribution in [2.24, 2.45) is 5.92 Å². The average molecular weight is 294 g/mol. The van der Waals surface area contributed by atoms with E-state index in [4.69, 9.17) is 0 Å². The maximum absolute atomic E-state index is 13.1. The molecule has 0 spiro atoms. The van der Waals surface area contributed by atoms with E-state index in [0.29, 0.717) is 17.8 Å². The van der Waals surface area contributed by atoms with Gasteiger partial charge in [0.25, 0.3) is 0 Å². The van der Waals surface area contributed by atoms with Gasteiger partial charge in [-0.2, -0.15) is 5.10 Å². The molecule has 1 heterocycles. The van der Waals surface area contributed by atoms with Gasteiger partial charge < -0.3 is 5.32 Å². The van der Waals surface area contributed by atoms with Crippen LogP contribution in [-0.4, -0.2) is 21.1 Å². The van der Waals surface area contributed by atoms with Crippen molar-refractivity contribution in [1.29, 1.82) is 0 Å². The molecule has 0 saturated heterocycles. The van der Waals surface area contributed by atoms with Crippen molar-refractivity contribution in [3.8, 4) is 0 Å². The largest absolute Gasteiger partial charge is 0.349 e. The molecule has 1 amide bonds. The summed E-state index contributed by atoms with van der Waals surface area (Å²) >= 11 is 0. The highest BCUT2D eigenvalue weighted by atomic mass is 19.2. The van der Waals surface area contributed by atoms with Gasteiger partial charge in [0.05, 0.1) is 6.54 Å². The van der Waals surface area contributed by atoms with Crippen LogP contribution in [0.15, 0.2) is 23.0 Å². The summed E-state index contributed by atoms with van der Waals surface area (Å²) in [5.41, 5.74) is 0.174. The number of hydrogen-bond donors (Lipinski definition) is 3. The molecule has 0 aliphatic heterocycles. The lowest BCUT2D eigenvalue weighted by molar-refractivity contribution is -0.122. The van der Waals surface area contributed by atoms with Crippen LogP contribution in [0.3, 0.4) is 0 Å². The van der Waals surface area contributed by atoms with E-state index in [1.807, 2.05) is 0 Å². The Kier molecular flexibility index (Phi) is 3.28. The molecule has 2 atom stereocenters. The highest BCUT2D eigenvalue weighted by molar-refractivity contribution is 5.82. The highest BCUT2D eigenvalue weighted by Gasteiger charge is 2.44. The van der Waals surface area contributed by atoms with Crippen LogP contribution in [-0.2, 0) is 11.3 Å². The number of aromatic amines is 2. The van der Waals surface area contributed by atoms with Crippen molar-refractivity contribution in [3.63, 3.8) is 0 Å². The Hall–Kier alpha value is -2.51. The van der Waals surface area contributed by atoms with E-state index >= 15 is 0 Å². The quantitative estimate of drug-likeness (QED) is 0.779. The zero-order chi connectivity index (χ0) is 15.0. The molecule has 6 nitrogen and oxygen atoms in total. The van der Waals surface area contributed by atoms with Crippen LogP contribution in [0.4, 0.5) is 8.78 Å². The van der Waals surface area contributed by atoms with E-state index in [2.05, 4.69) is 20.5 Å². The van der Waals surface area contributed by atoms with Crippen LogP contribution in [0, 0.1) is 17.6 Å². The Labute approximate surface area is 117 Å². The summed E-state index contributed by atoms with van der Waals surface area (Å²) < 4.78 is 26.0. The van der Waals surface area contributed by atoms with Gasteiger partial charge in [-0.05, 0) is 30.0 Å². The van der Waals surface area contributed by atoms with Crippen molar-refractivity contribution >= 4 is 5.91 Å². The third-order valence-electron chi connectivity index (χ3n) is 3.48. The predicted octanol–water partition coefficient (Wildman–Crippen LogP) is 0.796. The predicted molar refractivity (Wildman–Crippen MR) is 68.3 cm³/mol. The van der Waals surface area contributed by atoms with Gasteiger partial charge in [-0.1, -0.05) is 6.07 Å². The number of nitrogens with zero attached hydrogens (tertiary/aromatic N) is 1. The first kappa shape index (κ1) is 13.5. The van der Waals surface area contributed by atoms with Crippen molar-refractivity contribution in [3.05, 3.63) is 51.7 Å². The molecule has 1 aromatic carbocycles. The second kappa shape index (κ2) is 5.12. The molecule has 0 radical (unpaired) electrons. The van der Waals surface area contributed by atoms with Gasteiger partial charge in [0.1, 0.15) is 5.82 Å². The van der Waals surface area contributed by atoms with Gasteiger partial charge in [-0.3, -0.25) is 9.78 Å². The standard InChI is InChI=1S/C13H12F2N4O2/c14-9-2-1-6(3-10(9)15)7-4-8(7)12(20)16-5-11-17-13(21)19-18-11/h1-3,7-8H,4-5H2,(H,16,20)(H2,17,18,19,21). The maximum Gasteiger partial charge on any atom is 0.340 e. The normalized spacial score (nSPS) is 20.3. The average Bonchev–Trinajstić information content (AvgIpc) is 3.15. The molecule has 1 saturated carbocycles. The molecule has 1 aromatic heterocycles. The third-order valence-corrected chi connectivity index (χ3v) is 3.48. The van der Waals surface area contributed by atoms with E-state index in [-0.39, 0.29) is 24.3 Å². The zero-order valence-corrected chi connectivity index (χ0v) is 10.8. The molecule has 1 aliphatic rings. The molecule has 3 N–H and O–H groups in total. The molecule has 1 aliphatic carbocycles. The molecule has 3 rings (SSSR count). The lowest BCUT2D eigenvalue weighted by atomic mass is 10.1.